The van der Waals surface area contributed by atoms with E-state index in [1.54, 1.807) is 4.90 Å². The fourth-order valence-electron chi connectivity index (χ4n) is 3.00. The standard InChI is InChI=1S/C15H16FN3O4/c1-7-4-19(5-8(2)22-7)13-9(6-20)3-10-12(15(17)21)18-23-14(10)11(13)16/h3,6-8H,4-5H2,1-2H3,(H2,17,21)/t7-,8-/m1/s1. The second-order valence-corrected chi connectivity index (χ2v) is 5.68. The van der Waals surface area contributed by atoms with E-state index in [2.05, 4.69) is 5.16 Å². The number of ether oxygens (including phenoxy) is 1. The Kier molecular flexibility index (Phi) is 3.77. The first-order valence-corrected chi connectivity index (χ1v) is 7.19. The van der Waals surface area contributed by atoms with E-state index in [0.717, 1.165) is 0 Å². The van der Waals surface area contributed by atoms with Crippen molar-refractivity contribution in [1.82, 2.24) is 5.16 Å². The number of amides is 1. The summed E-state index contributed by atoms with van der Waals surface area (Å²) in [7, 11) is 0. The quantitative estimate of drug-likeness (QED) is 0.860. The Balaban J connectivity index is 2.18. The van der Waals surface area contributed by atoms with E-state index in [1.807, 2.05) is 13.8 Å². The minimum atomic E-state index is -0.846. The number of anilines is 1. The van der Waals surface area contributed by atoms with Crippen LogP contribution in [-0.4, -0.2) is 42.6 Å². The van der Waals surface area contributed by atoms with Gasteiger partial charge < -0.3 is 19.9 Å². The molecule has 3 rings (SSSR count). The van der Waals surface area contributed by atoms with Crippen molar-refractivity contribution in [2.45, 2.75) is 26.1 Å². The number of aromatic nitrogens is 1. The molecule has 1 aliphatic rings. The first kappa shape index (κ1) is 15.4. The number of aldehydes is 1. The highest BCUT2D eigenvalue weighted by molar-refractivity contribution is 6.06. The van der Waals surface area contributed by atoms with Crippen molar-refractivity contribution in [1.29, 1.82) is 0 Å². The fourth-order valence-corrected chi connectivity index (χ4v) is 3.00. The van der Waals surface area contributed by atoms with Gasteiger partial charge in [-0.3, -0.25) is 9.59 Å². The van der Waals surface area contributed by atoms with E-state index in [9.17, 15) is 14.0 Å². The zero-order valence-corrected chi connectivity index (χ0v) is 12.7. The molecule has 1 amide bonds. The van der Waals surface area contributed by atoms with Gasteiger partial charge in [0.2, 0.25) is 5.58 Å². The molecule has 2 heterocycles. The van der Waals surface area contributed by atoms with Crippen molar-refractivity contribution in [3.63, 3.8) is 0 Å². The number of morpholine rings is 1. The summed E-state index contributed by atoms with van der Waals surface area (Å²) < 4.78 is 25.5. The molecular formula is C15H16FN3O4. The number of carbonyl (C=O) groups excluding carboxylic acids is 2. The molecule has 2 atom stereocenters. The average Bonchev–Trinajstić information content (AvgIpc) is 2.90. The summed E-state index contributed by atoms with van der Waals surface area (Å²) in [5.41, 5.74) is 5.04. The topological polar surface area (TPSA) is 98.7 Å². The van der Waals surface area contributed by atoms with Crippen molar-refractivity contribution < 1.29 is 23.2 Å². The van der Waals surface area contributed by atoms with Gasteiger partial charge in [-0.25, -0.2) is 4.39 Å². The molecule has 0 unspecified atom stereocenters. The van der Waals surface area contributed by atoms with Crippen LogP contribution in [0, 0.1) is 5.82 Å². The molecule has 0 aliphatic carbocycles. The van der Waals surface area contributed by atoms with Gasteiger partial charge in [-0.1, -0.05) is 5.16 Å². The summed E-state index contributed by atoms with van der Waals surface area (Å²) in [4.78, 5) is 24.5. The average molecular weight is 321 g/mol. The Hall–Kier alpha value is -2.48. The van der Waals surface area contributed by atoms with Gasteiger partial charge in [-0.2, -0.15) is 0 Å². The second kappa shape index (κ2) is 5.62. The van der Waals surface area contributed by atoms with Crippen molar-refractivity contribution in [2.75, 3.05) is 18.0 Å². The van der Waals surface area contributed by atoms with Crippen LogP contribution in [0.2, 0.25) is 0 Å². The van der Waals surface area contributed by atoms with Crippen LogP contribution < -0.4 is 10.6 Å². The number of benzene rings is 1. The minimum Gasteiger partial charge on any atom is -0.372 e. The number of hydrogen-bond donors (Lipinski definition) is 1. The maximum Gasteiger partial charge on any atom is 0.271 e. The third kappa shape index (κ3) is 2.55. The maximum absolute atomic E-state index is 14.9. The molecule has 23 heavy (non-hydrogen) atoms. The lowest BCUT2D eigenvalue weighted by Crippen LogP contribution is -2.46. The smallest absolute Gasteiger partial charge is 0.271 e. The van der Waals surface area contributed by atoms with Crippen molar-refractivity contribution in [3.8, 4) is 0 Å². The first-order valence-electron chi connectivity index (χ1n) is 7.19. The van der Waals surface area contributed by atoms with Gasteiger partial charge in [-0.05, 0) is 19.9 Å². The second-order valence-electron chi connectivity index (χ2n) is 5.68. The van der Waals surface area contributed by atoms with Gasteiger partial charge in [-0.15, -0.1) is 0 Å². The molecule has 7 nitrogen and oxygen atoms in total. The van der Waals surface area contributed by atoms with Crippen LogP contribution in [-0.2, 0) is 4.74 Å². The van der Waals surface area contributed by atoms with E-state index >= 15 is 0 Å². The number of primary amides is 1. The molecule has 0 spiro atoms. The van der Waals surface area contributed by atoms with E-state index < -0.39 is 11.7 Å². The Morgan fingerprint density at radius 3 is 2.65 bits per heavy atom. The maximum atomic E-state index is 14.9. The Morgan fingerprint density at radius 1 is 1.43 bits per heavy atom. The molecule has 1 fully saturated rings. The molecule has 1 aromatic heterocycles. The molecule has 1 aliphatic heterocycles. The first-order chi connectivity index (χ1) is 10.9. The molecule has 122 valence electrons. The van der Waals surface area contributed by atoms with Crippen molar-refractivity contribution >= 4 is 28.8 Å². The Bertz CT molecular complexity index is 779. The van der Waals surface area contributed by atoms with Gasteiger partial charge in [0.15, 0.2) is 17.8 Å². The SMILES string of the molecule is C[C@@H]1CN(c2c(C=O)cc3c(C(N)=O)noc3c2F)C[C@@H](C)O1. The van der Waals surface area contributed by atoms with E-state index in [4.69, 9.17) is 15.0 Å². The number of halogens is 1. The summed E-state index contributed by atoms with van der Waals surface area (Å²) in [6.07, 6.45) is 0.328. The lowest BCUT2D eigenvalue weighted by Gasteiger charge is -2.37. The summed E-state index contributed by atoms with van der Waals surface area (Å²) >= 11 is 0. The van der Waals surface area contributed by atoms with Gasteiger partial charge >= 0.3 is 0 Å². The minimum absolute atomic E-state index is 0.0928. The lowest BCUT2D eigenvalue weighted by molar-refractivity contribution is -0.00543. The highest BCUT2D eigenvalue weighted by Crippen LogP contribution is 2.34. The zero-order valence-electron chi connectivity index (χ0n) is 12.7. The number of carbonyl (C=O) groups is 2. The van der Waals surface area contributed by atoms with Crippen LogP contribution in [0.25, 0.3) is 11.0 Å². The van der Waals surface area contributed by atoms with Crippen LogP contribution in [0.4, 0.5) is 10.1 Å². The van der Waals surface area contributed by atoms with E-state index in [1.165, 1.54) is 6.07 Å². The highest BCUT2D eigenvalue weighted by atomic mass is 19.1. The van der Waals surface area contributed by atoms with Crippen molar-refractivity contribution in [3.05, 3.63) is 23.1 Å². The molecule has 8 heteroatoms. The predicted octanol–water partition coefficient (Wildman–Crippen LogP) is 1.49. The molecule has 0 saturated carbocycles. The van der Waals surface area contributed by atoms with Gasteiger partial charge in [0.1, 0.15) is 0 Å². The number of fused-ring (bicyclic) bond motifs is 1. The number of rotatable bonds is 3. The third-order valence-electron chi connectivity index (χ3n) is 3.80. The molecule has 2 aromatic rings. The van der Waals surface area contributed by atoms with Gasteiger partial charge in [0.25, 0.3) is 5.91 Å². The van der Waals surface area contributed by atoms with Crippen LogP contribution >= 0.6 is 0 Å². The highest BCUT2D eigenvalue weighted by Gasteiger charge is 2.29. The zero-order chi connectivity index (χ0) is 16.7. The van der Waals surface area contributed by atoms with Gasteiger partial charge in [0.05, 0.1) is 23.3 Å². The Labute approximate surface area is 131 Å². The summed E-state index contributed by atoms with van der Waals surface area (Å²) in [5, 5.41) is 3.59. The van der Waals surface area contributed by atoms with Crippen LogP contribution in [0.15, 0.2) is 10.6 Å². The summed E-state index contributed by atoms with van der Waals surface area (Å²) in [6.45, 7) is 4.62. The molecule has 0 radical (unpaired) electrons. The fraction of sp³-hybridized carbons (Fsp3) is 0.400. The number of nitrogens with zero attached hydrogens (tertiary/aromatic N) is 2. The van der Waals surface area contributed by atoms with E-state index in [-0.39, 0.29) is 40.1 Å². The van der Waals surface area contributed by atoms with Gasteiger partial charge in [0, 0.05) is 18.7 Å². The Morgan fingerprint density at radius 2 is 2.09 bits per heavy atom. The van der Waals surface area contributed by atoms with Crippen LogP contribution in [0.5, 0.6) is 0 Å². The van der Waals surface area contributed by atoms with Crippen molar-refractivity contribution in [2.24, 2.45) is 5.73 Å². The summed E-state index contributed by atoms with van der Waals surface area (Å²) in [5.74, 6) is -1.58. The normalized spacial score (nSPS) is 21.6. The number of hydrogen-bond acceptors (Lipinski definition) is 6. The predicted molar refractivity (Wildman–Crippen MR) is 80.1 cm³/mol. The third-order valence-corrected chi connectivity index (χ3v) is 3.80. The molecule has 0 bridgehead atoms. The van der Waals surface area contributed by atoms with Crippen LogP contribution in [0.3, 0.4) is 0 Å². The van der Waals surface area contributed by atoms with E-state index in [0.29, 0.717) is 19.4 Å². The largest absolute Gasteiger partial charge is 0.372 e. The molecule has 1 saturated heterocycles. The molecule has 1 aromatic carbocycles. The van der Waals surface area contributed by atoms with Crippen LogP contribution in [0.1, 0.15) is 34.7 Å². The molecule has 2 N–H and O–H groups in total. The molecular weight excluding hydrogens is 305 g/mol. The monoisotopic (exact) mass is 321 g/mol. The lowest BCUT2D eigenvalue weighted by atomic mass is 10.1. The number of nitrogens with two attached hydrogens (primary N) is 1. The summed E-state index contributed by atoms with van der Waals surface area (Å²) in [6, 6.07) is 1.38.